The normalized spacial score (nSPS) is 24.1. The first kappa shape index (κ1) is 19.4. The lowest BCUT2D eigenvalue weighted by atomic mass is 10.1. The van der Waals surface area contributed by atoms with E-state index in [0.717, 1.165) is 25.7 Å². The molecule has 1 saturated heterocycles. The summed E-state index contributed by atoms with van der Waals surface area (Å²) in [6, 6.07) is 5.99. The predicted octanol–water partition coefficient (Wildman–Crippen LogP) is 2.10. The van der Waals surface area contributed by atoms with Gasteiger partial charge in [0.25, 0.3) is 5.91 Å². The van der Waals surface area contributed by atoms with Gasteiger partial charge in [0.2, 0.25) is 0 Å². The molecule has 8 heteroatoms. The third-order valence-electron chi connectivity index (χ3n) is 5.26. The van der Waals surface area contributed by atoms with E-state index in [0.29, 0.717) is 5.56 Å². The molecule has 26 heavy (non-hydrogen) atoms. The van der Waals surface area contributed by atoms with E-state index in [1.807, 2.05) is 0 Å². The van der Waals surface area contributed by atoms with Crippen LogP contribution in [0.25, 0.3) is 0 Å². The molecule has 1 saturated carbocycles. The van der Waals surface area contributed by atoms with Gasteiger partial charge in [0.1, 0.15) is 0 Å². The van der Waals surface area contributed by atoms with Crippen molar-refractivity contribution in [1.29, 1.82) is 0 Å². The summed E-state index contributed by atoms with van der Waals surface area (Å²) in [7, 11) is -6.97. The van der Waals surface area contributed by atoms with Crippen molar-refractivity contribution in [3.05, 3.63) is 29.8 Å². The van der Waals surface area contributed by atoms with Gasteiger partial charge in [0.15, 0.2) is 19.7 Å². The molecule has 0 bridgehead atoms. The standard InChI is InChI=1S/C18H25NO5S2/c20-18(19-15-5-3-1-2-4-6-15)14-7-9-16(10-8-14)26(23,24)17-11-12-25(21,22)13-17/h7-10,15,17H,1-6,11-13H2,(H,19,20)/t17-/m1/s1. The molecule has 0 spiro atoms. The van der Waals surface area contributed by atoms with Gasteiger partial charge in [-0.3, -0.25) is 4.79 Å². The Morgan fingerprint density at radius 1 is 0.962 bits per heavy atom. The highest BCUT2D eigenvalue weighted by Crippen LogP contribution is 2.25. The molecule has 1 aromatic carbocycles. The third kappa shape index (κ3) is 4.46. The number of sulfone groups is 2. The Balaban J connectivity index is 1.68. The zero-order valence-electron chi connectivity index (χ0n) is 14.7. The summed E-state index contributed by atoms with van der Waals surface area (Å²) in [5.74, 6) is -0.595. The van der Waals surface area contributed by atoms with Crippen LogP contribution in [-0.2, 0) is 19.7 Å². The monoisotopic (exact) mass is 399 g/mol. The number of carbonyl (C=O) groups is 1. The molecule has 1 atom stereocenters. The summed E-state index contributed by atoms with van der Waals surface area (Å²) < 4.78 is 48.3. The molecule has 2 fully saturated rings. The molecule has 144 valence electrons. The van der Waals surface area contributed by atoms with E-state index < -0.39 is 24.9 Å². The lowest BCUT2D eigenvalue weighted by Crippen LogP contribution is -2.34. The van der Waals surface area contributed by atoms with Crippen molar-refractivity contribution in [2.24, 2.45) is 0 Å². The van der Waals surface area contributed by atoms with E-state index in [1.54, 1.807) is 0 Å². The molecule has 0 unspecified atom stereocenters. The van der Waals surface area contributed by atoms with Gasteiger partial charge in [-0.2, -0.15) is 0 Å². The smallest absolute Gasteiger partial charge is 0.251 e. The highest BCUT2D eigenvalue weighted by molar-refractivity contribution is 7.96. The van der Waals surface area contributed by atoms with Crippen LogP contribution in [-0.4, -0.2) is 45.5 Å². The average molecular weight is 400 g/mol. The van der Waals surface area contributed by atoms with E-state index >= 15 is 0 Å². The average Bonchev–Trinajstić information content (AvgIpc) is 2.81. The number of hydrogen-bond acceptors (Lipinski definition) is 5. The summed E-state index contributed by atoms with van der Waals surface area (Å²) >= 11 is 0. The third-order valence-corrected chi connectivity index (χ3v) is 9.45. The lowest BCUT2D eigenvalue weighted by molar-refractivity contribution is 0.0933. The molecular formula is C18H25NO5S2. The second-order valence-corrected chi connectivity index (χ2v) is 11.7. The van der Waals surface area contributed by atoms with Crippen LogP contribution >= 0.6 is 0 Å². The number of hydrogen-bond donors (Lipinski definition) is 1. The number of amides is 1. The maximum Gasteiger partial charge on any atom is 0.251 e. The first-order valence-electron chi connectivity index (χ1n) is 9.13. The fraction of sp³-hybridized carbons (Fsp3) is 0.611. The van der Waals surface area contributed by atoms with E-state index in [4.69, 9.17) is 0 Å². The fourth-order valence-electron chi connectivity index (χ4n) is 3.69. The summed E-state index contributed by atoms with van der Waals surface area (Å²) in [5.41, 5.74) is 0.423. The van der Waals surface area contributed by atoms with Gasteiger partial charge in [-0.1, -0.05) is 25.7 Å². The summed E-state index contributed by atoms with van der Waals surface area (Å²) in [6.07, 6.45) is 6.74. The molecule has 1 heterocycles. The number of carbonyl (C=O) groups excluding carboxylic acids is 1. The maximum atomic E-state index is 12.6. The molecule has 1 aliphatic carbocycles. The minimum absolute atomic E-state index is 0.0746. The second kappa shape index (κ2) is 7.68. The zero-order chi connectivity index (χ0) is 18.8. The van der Waals surface area contributed by atoms with Crippen molar-refractivity contribution in [2.45, 2.75) is 61.1 Å². The molecule has 1 amide bonds. The van der Waals surface area contributed by atoms with Crippen molar-refractivity contribution < 1.29 is 21.6 Å². The van der Waals surface area contributed by atoms with E-state index in [1.165, 1.54) is 37.1 Å². The van der Waals surface area contributed by atoms with Crippen molar-refractivity contribution >= 4 is 25.6 Å². The Labute approximate surface area is 155 Å². The van der Waals surface area contributed by atoms with Gasteiger partial charge in [-0.25, -0.2) is 16.8 Å². The van der Waals surface area contributed by atoms with Crippen LogP contribution in [0.5, 0.6) is 0 Å². The Morgan fingerprint density at radius 2 is 1.58 bits per heavy atom. The minimum Gasteiger partial charge on any atom is -0.349 e. The quantitative estimate of drug-likeness (QED) is 0.782. The molecule has 1 N–H and O–H groups in total. The zero-order valence-corrected chi connectivity index (χ0v) is 16.3. The SMILES string of the molecule is O=C(NC1CCCCCC1)c1ccc(S(=O)(=O)[C@@H]2CCS(=O)(=O)C2)cc1. The van der Waals surface area contributed by atoms with Crippen LogP contribution < -0.4 is 5.32 Å². The van der Waals surface area contributed by atoms with E-state index in [9.17, 15) is 21.6 Å². The Bertz CT molecular complexity index is 851. The summed E-state index contributed by atoms with van der Waals surface area (Å²) in [4.78, 5) is 12.5. The van der Waals surface area contributed by atoms with Gasteiger partial charge in [0.05, 0.1) is 21.7 Å². The minimum atomic E-state index is -3.70. The van der Waals surface area contributed by atoms with Crippen LogP contribution in [0.2, 0.25) is 0 Å². The lowest BCUT2D eigenvalue weighted by Gasteiger charge is -2.16. The number of rotatable bonds is 4. The second-order valence-electron chi connectivity index (χ2n) is 7.26. The molecule has 1 aromatic rings. The van der Waals surface area contributed by atoms with Crippen molar-refractivity contribution in [3.63, 3.8) is 0 Å². The summed E-state index contributed by atoms with van der Waals surface area (Å²) in [5, 5.41) is 2.14. The number of nitrogens with one attached hydrogen (secondary N) is 1. The molecule has 0 aromatic heterocycles. The van der Waals surface area contributed by atoms with Gasteiger partial charge >= 0.3 is 0 Å². The molecule has 3 rings (SSSR count). The van der Waals surface area contributed by atoms with Gasteiger partial charge in [0, 0.05) is 11.6 Å². The Kier molecular flexibility index (Phi) is 5.72. The highest BCUT2D eigenvalue weighted by atomic mass is 32.2. The van der Waals surface area contributed by atoms with Crippen molar-refractivity contribution in [1.82, 2.24) is 5.32 Å². The molecule has 1 aliphatic heterocycles. The topological polar surface area (TPSA) is 97.4 Å². The molecule has 6 nitrogen and oxygen atoms in total. The number of benzene rings is 1. The molecule has 0 radical (unpaired) electrons. The van der Waals surface area contributed by atoms with Gasteiger partial charge in [-0.15, -0.1) is 0 Å². The molecular weight excluding hydrogens is 374 g/mol. The van der Waals surface area contributed by atoms with Crippen molar-refractivity contribution in [3.8, 4) is 0 Å². The summed E-state index contributed by atoms with van der Waals surface area (Å²) in [6.45, 7) is 0. The van der Waals surface area contributed by atoms with Crippen LogP contribution in [0.15, 0.2) is 29.2 Å². The first-order chi connectivity index (χ1) is 12.3. The predicted molar refractivity (Wildman–Crippen MR) is 99.6 cm³/mol. The van der Waals surface area contributed by atoms with Crippen molar-refractivity contribution in [2.75, 3.05) is 11.5 Å². The van der Waals surface area contributed by atoms with E-state index in [-0.39, 0.29) is 34.8 Å². The van der Waals surface area contributed by atoms with E-state index in [2.05, 4.69) is 5.32 Å². The van der Waals surface area contributed by atoms with Gasteiger partial charge in [-0.05, 0) is 43.5 Å². The highest BCUT2D eigenvalue weighted by Gasteiger charge is 2.38. The fourth-order valence-corrected chi connectivity index (χ4v) is 8.05. The van der Waals surface area contributed by atoms with Crippen LogP contribution in [0, 0.1) is 0 Å². The maximum absolute atomic E-state index is 12.6. The van der Waals surface area contributed by atoms with Crippen LogP contribution in [0.1, 0.15) is 55.3 Å². The largest absolute Gasteiger partial charge is 0.349 e. The van der Waals surface area contributed by atoms with Crippen LogP contribution in [0.3, 0.4) is 0 Å². The molecule has 2 aliphatic rings. The first-order valence-corrected chi connectivity index (χ1v) is 12.5. The van der Waals surface area contributed by atoms with Crippen LogP contribution in [0.4, 0.5) is 0 Å². The van der Waals surface area contributed by atoms with Gasteiger partial charge < -0.3 is 5.32 Å². The Hall–Kier alpha value is -1.41. The Morgan fingerprint density at radius 3 is 2.12 bits per heavy atom.